The second-order valence-corrected chi connectivity index (χ2v) is 3.94. The van der Waals surface area contributed by atoms with Gasteiger partial charge in [-0.1, -0.05) is 30.3 Å². The number of benzene rings is 1. The molecule has 1 saturated carbocycles. The highest BCUT2D eigenvalue weighted by Gasteiger charge is 2.37. The van der Waals surface area contributed by atoms with Gasteiger partial charge >= 0.3 is 0 Å². The number of nitrogens with one attached hydrogen (secondary N) is 1. The van der Waals surface area contributed by atoms with Crippen LogP contribution in [-0.2, 0) is 3.07 Å². The molecule has 3 heteroatoms. The number of rotatable bonds is 4. The lowest BCUT2D eigenvalue weighted by atomic mass is 10.1. The molecule has 1 aromatic carbocycles. The van der Waals surface area contributed by atoms with Crippen molar-refractivity contribution in [3.63, 3.8) is 0 Å². The van der Waals surface area contributed by atoms with Gasteiger partial charge in [0.15, 0.2) is 0 Å². The highest BCUT2D eigenvalue weighted by Crippen LogP contribution is 2.40. The van der Waals surface area contributed by atoms with Crippen molar-refractivity contribution in [1.29, 1.82) is 0 Å². The summed E-state index contributed by atoms with van der Waals surface area (Å²) < 4.78 is 4.94. The van der Waals surface area contributed by atoms with Crippen LogP contribution in [0.25, 0.3) is 0 Å². The van der Waals surface area contributed by atoms with Crippen molar-refractivity contribution in [1.82, 2.24) is 5.32 Å². The molecule has 1 aromatic rings. The van der Waals surface area contributed by atoms with Gasteiger partial charge in [-0.3, -0.25) is 5.32 Å². The van der Waals surface area contributed by atoms with Crippen molar-refractivity contribution in [2.24, 2.45) is 0 Å². The first-order valence-corrected chi connectivity index (χ1v) is 5.32. The van der Waals surface area contributed by atoms with Crippen molar-refractivity contribution >= 4 is 23.0 Å². The van der Waals surface area contributed by atoms with Crippen LogP contribution in [0.4, 0.5) is 0 Å². The van der Waals surface area contributed by atoms with Gasteiger partial charge in [-0.2, -0.15) is 0 Å². The Hall–Kier alpha value is -0.130. The van der Waals surface area contributed by atoms with Gasteiger partial charge in [0.05, 0.1) is 0 Å². The minimum absolute atomic E-state index is 0.622. The van der Waals surface area contributed by atoms with Crippen LogP contribution in [0, 0.1) is 0 Å². The van der Waals surface area contributed by atoms with Gasteiger partial charge in [0.1, 0.15) is 29.7 Å². The van der Waals surface area contributed by atoms with E-state index in [1.807, 2.05) is 23.0 Å². The zero-order valence-electron chi connectivity index (χ0n) is 7.24. The summed E-state index contributed by atoms with van der Waals surface area (Å²) in [7, 11) is 0. The first-order valence-electron chi connectivity index (χ1n) is 4.43. The largest absolute Gasteiger partial charge is 0.300 e. The van der Waals surface area contributed by atoms with E-state index < -0.39 is 0 Å². The molecule has 0 aromatic heterocycles. The molecule has 2 nitrogen and oxygen atoms in total. The summed E-state index contributed by atoms with van der Waals surface area (Å²) in [6.07, 6.45) is 1.24. The Bertz CT molecular complexity index is 265. The third-order valence-corrected chi connectivity index (χ3v) is 2.73. The molecule has 2 rings (SSSR count). The molecule has 13 heavy (non-hydrogen) atoms. The van der Waals surface area contributed by atoms with Gasteiger partial charge in [-0.05, 0) is 12.0 Å². The minimum Gasteiger partial charge on any atom is -0.300 e. The minimum atomic E-state index is 0.622. The van der Waals surface area contributed by atoms with Crippen LogP contribution in [0.3, 0.4) is 0 Å². The van der Waals surface area contributed by atoms with Crippen LogP contribution >= 0.6 is 23.0 Å². The summed E-state index contributed by atoms with van der Waals surface area (Å²) in [4.78, 5) is 0. The molecule has 1 aliphatic carbocycles. The fourth-order valence-corrected chi connectivity index (χ4v) is 1.81. The zero-order valence-corrected chi connectivity index (χ0v) is 9.40. The predicted octanol–water partition coefficient (Wildman–Crippen LogP) is 2.46. The van der Waals surface area contributed by atoms with Crippen molar-refractivity contribution in [3.05, 3.63) is 35.9 Å². The van der Waals surface area contributed by atoms with Crippen LogP contribution in [0.15, 0.2) is 30.3 Å². The Labute approximate surface area is 92.4 Å². The smallest absolute Gasteiger partial charge is 0.111 e. The van der Waals surface area contributed by atoms with Gasteiger partial charge in [-0.25, -0.2) is 0 Å². The first kappa shape index (κ1) is 9.43. The van der Waals surface area contributed by atoms with Crippen LogP contribution < -0.4 is 5.32 Å². The van der Waals surface area contributed by atoms with Gasteiger partial charge in [0.25, 0.3) is 0 Å². The molecule has 0 amide bonds. The second kappa shape index (κ2) is 4.39. The molecule has 0 radical (unpaired) electrons. The molecule has 1 fully saturated rings. The Morgan fingerprint density at radius 3 is 2.85 bits per heavy atom. The van der Waals surface area contributed by atoms with Gasteiger partial charge < -0.3 is 3.07 Å². The Morgan fingerprint density at radius 1 is 1.38 bits per heavy atom. The normalized spacial score (nSPS) is 25.9. The summed E-state index contributed by atoms with van der Waals surface area (Å²) in [5, 5.41) is 3.33. The average molecular weight is 289 g/mol. The third-order valence-electron chi connectivity index (χ3n) is 2.42. The molecular formula is C10H12INO. The maximum atomic E-state index is 4.94. The monoisotopic (exact) mass is 289 g/mol. The summed E-state index contributed by atoms with van der Waals surface area (Å²) in [6, 6.07) is 11.3. The third kappa shape index (κ3) is 2.42. The van der Waals surface area contributed by atoms with Crippen molar-refractivity contribution in [2.75, 3.05) is 6.73 Å². The maximum Gasteiger partial charge on any atom is 0.111 e. The standard InChI is InChI=1S/C10H12INO/c11-13-7-12-10-6-9(10)8-4-2-1-3-5-8/h1-5,9-10,12H,6-7H2/t9-,10-/m1/s1. The first-order chi connectivity index (χ1) is 6.42. The molecule has 0 bridgehead atoms. The fraction of sp³-hybridized carbons (Fsp3) is 0.400. The lowest BCUT2D eigenvalue weighted by molar-refractivity contribution is 0.370. The molecule has 0 saturated heterocycles. The molecule has 0 aliphatic heterocycles. The highest BCUT2D eigenvalue weighted by atomic mass is 127. The average Bonchev–Trinajstić information content (AvgIpc) is 2.95. The Balaban J connectivity index is 1.86. The highest BCUT2D eigenvalue weighted by molar-refractivity contribution is 14.1. The molecule has 2 atom stereocenters. The van der Waals surface area contributed by atoms with Gasteiger partial charge in [0, 0.05) is 12.0 Å². The fourth-order valence-electron chi connectivity index (χ4n) is 1.63. The topological polar surface area (TPSA) is 21.3 Å². The van der Waals surface area contributed by atoms with E-state index in [1.54, 1.807) is 0 Å². The van der Waals surface area contributed by atoms with E-state index in [9.17, 15) is 0 Å². The molecule has 0 heterocycles. The summed E-state index contributed by atoms with van der Waals surface area (Å²) in [6.45, 7) is 0.647. The number of hydrogen-bond acceptors (Lipinski definition) is 2. The number of halogens is 1. The lowest BCUT2D eigenvalue weighted by Crippen LogP contribution is -2.18. The van der Waals surface area contributed by atoms with Crippen molar-refractivity contribution < 1.29 is 3.07 Å². The quantitative estimate of drug-likeness (QED) is 0.679. The van der Waals surface area contributed by atoms with E-state index in [0.717, 1.165) is 0 Å². The molecule has 70 valence electrons. The summed E-state index contributed by atoms with van der Waals surface area (Å²) >= 11 is 1.91. The van der Waals surface area contributed by atoms with Crippen LogP contribution in [0.2, 0.25) is 0 Å². The summed E-state index contributed by atoms with van der Waals surface area (Å²) in [5.41, 5.74) is 1.44. The van der Waals surface area contributed by atoms with E-state index >= 15 is 0 Å². The molecule has 0 spiro atoms. The lowest BCUT2D eigenvalue weighted by Gasteiger charge is -2.01. The zero-order chi connectivity index (χ0) is 9.10. The Morgan fingerprint density at radius 2 is 2.15 bits per heavy atom. The van der Waals surface area contributed by atoms with Crippen LogP contribution in [0.1, 0.15) is 17.9 Å². The predicted molar refractivity (Wildman–Crippen MR) is 60.7 cm³/mol. The molecule has 1 aliphatic rings. The number of hydrogen-bond donors (Lipinski definition) is 1. The van der Waals surface area contributed by atoms with Gasteiger partial charge in [-0.15, -0.1) is 0 Å². The molecule has 1 N–H and O–H groups in total. The molecular weight excluding hydrogens is 277 g/mol. The molecule has 0 unspecified atom stereocenters. The van der Waals surface area contributed by atoms with Crippen LogP contribution in [-0.4, -0.2) is 12.8 Å². The summed E-state index contributed by atoms with van der Waals surface area (Å²) in [5.74, 6) is 0.702. The van der Waals surface area contributed by atoms with Gasteiger partial charge in [0.2, 0.25) is 0 Å². The van der Waals surface area contributed by atoms with E-state index in [0.29, 0.717) is 18.7 Å². The second-order valence-electron chi connectivity index (χ2n) is 3.32. The SMILES string of the molecule is IOCN[C@@H]1C[C@@H]1c1ccccc1. The van der Waals surface area contributed by atoms with E-state index in [1.165, 1.54) is 12.0 Å². The van der Waals surface area contributed by atoms with Crippen LogP contribution in [0.5, 0.6) is 0 Å². The van der Waals surface area contributed by atoms with Crippen molar-refractivity contribution in [2.45, 2.75) is 18.4 Å². The van der Waals surface area contributed by atoms with E-state index in [2.05, 4.69) is 35.6 Å². The van der Waals surface area contributed by atoms with E-state index in [-0.39, 0.29) is 0 Å². The maximum absolute atomic E-state index is 4.94. The Kier molecular flexibility index (Phi) is 3.18. The van der Waals surface area contributed by atoms with E-state index in [4.69, 9.17) is 3.07 Å². The van der Waals surface area contributed by atoms with Crippen molar-refractivity contribution in [3.8, 4) is 0 Å².